The smallest absolute Gasteiger partial charge is 0.211 e. The fraction of sp³-hybridized carbons (Fsp3) is 0.231. The maximum absolute atomic E-state index is 12.1. The molecule has 1 aromatic rings. The fourth-order valence-electron chi connectivity index (χ4n) is 1.59. The molecule has 2 rings (SSSR count). The summed E-state index contributed by atoms with van der Waals surface area (Å²) in [6.07, 6.45) is 6.70. The van der Waals surface area contributed by atoms with Gasteiger partial charge in [-0.15, -0.1) is 0 Å². The van der Waals surface area contributed by atoms with Crippen molar-refractivity contribution < 1.29 is 4.79 Å². The van der Waals surface area contributed by atoms with Crippen LogP contribution < -0.4 is 0 Å². The molecular formula is C13H12BrNO. The zero-order valence-corrected chi connectivity index (χ0v) is 10.4. The maximum Gasteiger partial charge on any atom is 0.211 e. The third kappa shape index (κ3) is 2.67. The molecule has 0 aliphatic carbocycles. The number of allylic oxidation sites excluding steroid dienone is 2. The highest BCUT2D eigenvalue weighted by Gasteiger charge is 2.12. The van der Waals surface area contributed by atoms with Crippen molar-refractivity contribution in [2.75, 3.05) is 0 Å². The van der Waals surface area contributed by atoms with Crippen molar-refractivity contribution in [3.63, 3.8) is 0 Å². The number of hydrogen-bond donors (Lipinski definition) is 0. The number of carbonyl (C=O) groups is 1. The predicted octanol–water partition coefficient (Wildman–Crippen LogP) is 3.77. The van der Waals surface area contributed by atoms with E-state index in [0.717, 1.165) is 23.7 Å². The molecule has 1 aliphatic rings. The standard InChI is InChI=1S/C13H12BrNO/c14-11-6-4-5-10(9-11)13(16)12-7-2-1-3-8-15-12/h4-9H,1-3H2. The Kier molecular flexibility index (Phi) is 3.67. The lowest BCUT2D eigenvalue weighted by atomic mass is 10.1. The quantitative estimate of drug-likeness (QED) is 0.757. The average molecular weight is 278 g/mol. The molecule has 82 valence electrons. The zero-order chi connectivity index (χ0) is 11.4. The Balaban J connectivity index is 2.27. The first-order valence-electron chi connectivity index (χ1n) is 5.30. The monoisotopic (exact) mass is 277 g/mol. The van der Waals surface area contributed by atoms with Gasteiger partial charge in [0.25, 0.3) is 0 Å². The number of ketones is 1. The van der Waals surface area contributed by atoms with Crippen LogP contribution in [0, 0.1) is 0 Å². The summed E-state index contributed by atoms with van der Waals surface area (Å²) in [4.78, 5) is 16.3. The Morgan fingerprint density at radius 3 is 3.00 bits per heavy atom. The van der Waals surface area contributed by atoms with Gasteiger partial charge in [0.2, 0.25) is 5.78 Å². The van der Waals surface area contributed by atoms with Crippen LogP contribution in [0.4, 0.5) is 0 Å². The number of nitrogens with zero attached hydrogens (tertiary/aromatic N) is 1. The molecule has 1 heterocycles. The molecule has 0 radical (unpaired) electrons. The summed E-state index contributed by atoms with van der Waals surface area (Å²) in [6.45, 7) is 0. The minimum atomic E-state index is -0.000509. The maximum atomic E-state index is 12.1. The SMILES string of the molecule is O=C(C1=CCCCC=N1)c1cccc(Br)c1. The van der Waals surface area contributed by atoms with E-state index in [0.29, 0.717) is 11.3 Å². The molecule has 1 aliphatic heterocycles. The molecule has 0 fully saturated rings. The van der Waals surface area contributed by atoms with Crippen LogP contribution in [0.25, 0.3) is 0 Å². The van der Waals surface area contributed by atoms with Crippen LogP contribution in [0.2, 0.25) is 0 Å². The van der Waals surface area contributed by atoms with Gasteiger partial charge < -0.3 is 0 Å². The van der Waals surface area contributed by atoms with Crippen molar-refractivity contribution >= 4 is 27.9 Å². The zero-order valence-electron chi connectivity index (χ0n) is 8.82. The van der Waals surface area contributed by atoms with Crippen LogP contribution in [0.3, 0.4) is 0 Å². The molecule has 0 saturated carbocycles. The van der Waals surface area contributed by atoms with Gasteiger partial charge >= 0.3 is 0 Å². The van der Waals surface area contributed by atoms with Crippen LogP contribution in [-0.2, 0) is 0 Å². The topological polar surface area (TPSA) is 29.4 Å². The highest BCUT2D eigenvalue weighted by Crippen LogP contribution is 2.17. The van der Waals surface area contributed by atoms with E-state index in [-0.39, 0.29) is 5.78 Å². The molecule has 0 unspecified atom stereocenters. The van der Waals surface area contributed by atoms with Gasteiger partial charge in [-0.25, -0.2) is 0 Å². The van der Waals surface area contributed by atoms with Crippen molar-refractivity contribution in [2.24, 2.45) is 4.99 Å². The molecule has 0 amide bonds. The van der Waals surface area contributed by atoms with Crippen molar-refractivity contribution in [1.82, 2.24) is 0 Å². The Bertz CT molecular complexity index is 463. The summed E-state index contributed by atoms with van der Waals surface area (Å²) in [5, 5.41) is 0. The highest BCUT2D eigenvalue weighted by atomic mass is 79.9. The van der Waals surface area contributed by atoms with Gasteiger partial charge in [-0.1, -0.05) is 34.1 Å². The third-order valence-corrected chi connectivity index (χ3v) is 2.92. The van der Waals surface area contributed by atoms with E-state index < -0.39 is 0 Å². The summed E-state index contributed by atoms with van der Waals surface area (Å²) in [5.74, 6) is -0.000509. The number of carbonyl (C=O) groups excluding carboxylic acids is 1. The molecule has 0 N–H and O–H groups in total. The molecule has 2 nitrogen and oxygen atoms in total. The second kappa shape index (κ2) is 5.21. The van der Waals surface area contributed by atoms with E-state index in [2.05, 4.69) is 20.9 Å². The van der Waals surface area contributed by atoms with Crippen molar-refractivity contribution in [1.29, 1.82) is 0 Å². The number of Topliss-reactive ketones (excluding diaryl/α,β-unsaturated/α-hetero) is 1. The largest absolute Gasteiger partial charge is 0.287 e. The normalized spacial score (nSPS) is 15.4. The van der Waals surface area contributed by atoms with Gasteiger partial charge in [-0.05, 0) is 31.4 Å². The summed E-state index contributed by atoms with van der Waals surface area (Å²) in [7, 11) is 0. The first kappa shape index (κ1) is 11.3. The molecule has 0 bridgehead atoms. The molecule has 3 heteroatoms. The number of benzene rings is 1. The van der Waals surface area contributed by atoms with Gasteiger partial charge in [-0.2, -0.15) is 0 Å². The first-order chi connectivity index (χ1) is 7.77. The number of halogens is 1. The molecule has 0 aromatic heterocycles. The van der Waals surface area contributed by atoms with Gasteiger partial charge in [-0.3, -0.25) is 9.79 Å². The first-order valence-corrected chi connectivity index (χ1v) is 6.09. The van der Waals surface area contributed by atoms with Gasteiger partial charge in [0.05, 0.1) is 0 Å². The molecule has 0 atom stereocenters. The third-order valence-electron chi connectivity index (χ3n) is 2.42. The van der Waals surface area contributed by atoms with Crippen molar-refractivity contribution in [2.45, 2.75) is 19.3 Å². The summed E-state index contributed by atoms with van der Waals surface area (Å²) in [5.41, 5.74) is 1.25. The van der Waals surface area contributed by atoms with Crippen LogP contribution >= 0.6 is 15.9 Å². The minimum absolute atomic E-state index is 0.000509. The van der Waals surface area contributed by atoms with Crippen molar-refractivity contribution in [3.8, 4) is 0 Å². The summed E-state index contributed by atoms with van der Waals surface area (Å²) >= 11 is 3.36. The molecule has 16 heavy (non-hydrogen) atoms. The van der Waals surface area contributed by atoms with E-state index in [1.165, 1.54) is 0 Å². The number of rotatable bonds is 2. The lowest BCUT2D eigenvalue weighted by molar-refractivity contribution is 0.103. The number of hydrogen-bond acceptors (Lipinski definition) is 2. The van der Waals surface area contributed by atoms with Gasteiger partial charge in [0, 0.05) is 16.3 Å². The van der Waals surface area contributed by atoms with Gasteiger partial charge in [0.1, 0.15) is 5.70 Å². The lowest BCUT2D eigenvalue weighted by Crippen LogP contribution is -2.01. The van der Waals surface area contributed by atoms with Crippen LogP contribution in [0.5, 0.6) is 0 Å². The lowest BCUT2D eigenvalue weighted by Gasteiger charge is -2.01. The summed E-state index contributed by atoms with van der Waals surface area (Å²) < 4.78 is 0.913. The number of aliphatic imine (C=N–C) groups is 1. The van der Waals surface area contributed by atoms with E-state index in [4.69, 9.17) is 0 Å². The molecule has 0 spiro atoms. The predicted molar refractivity (Wildman–Crippen MR) is 68.9 cm³/mol. The second-order valence-electron chi connectivity index (χ2n) is 3.67. The summed E-state index contributed by atoms with van der Waals surface area (Å²) in [6, 6.07) is 7.40. The van der Waals surface area contributed by atoms with Crippen molar-refractivity contribution in [3.05, 3.63) is 46.1 Å². The second-order valence-corrected chi connectivity index (χ2v) is 4.59. The Morgan fingerprint density at radius 2 is 2.19 bits per heavy atom. The fourth-order valence-corrected chi connectivity index (χ4v) is 1.99. The van der Waals surface area contributed by atoms with E-state index in [9.17, 15) is 4.79 Å². The van der Waals surface area contributed by atoms with Crippen LogP contribution in [0.1, 0.15) is 29.6 Å². The van der Waals surface area contributed by atoms with E-state index in [1.807, 2.05) is 36.6 Å². The Morgan fingerprint density at radius 1 is 1.31 bits per heavy atom. The van der Waals surface area contributed by atoms with Gasteiger partial charge in [0.15, 0.2) is 0 Å². The molecular weight excluding hydrogens is 266 g/mol. The van der Waals surface area contributed by atoms with E-state index >= 15 is 0 Å². The Hall–Kier alpha value is -1.22. The van der Waals surface area contributed by atoms with Crippen LogP contribution in [0.15, 0.2) is 45.5 Å². The average Bonchev–Trinajstić information content (AvgIpc) is 2.56. The van der Waals surface area contributed by atoms with E-state index in [1.54, 1.807) is 0 Å². The molecule has 0 saturated heterocycles. The minimum Gasteiger partial charge on any atom is -0.287 e. The Labute approximate surface area is 103 Å². The van der Waals surface area contributed by atoms with Crippen LogP contribution in [-0.4, -0.2) is 12.0 Å². The molecule has 1 aromatic carbocycles. The highest BCUT2D eigenvalue weighted by molar-refractivity contribution is 9.10.